The molecule has 0 saturated carbocycles. The molecule has 1 aliphatic rings. The zero-order valence-electron chi connectivity index (χ0n) is 21.0. The molecule has 1 aromatic heterocycles. The van der Waals surface area contributed by atoms with Gasteiger partial charge in [-0.1, -0.05) is 34.6 Å². The lowest BCUT2D eigenvalue weighted by molar-refractivity contribution is -0.105. The summed E-state index contributed by atoms with van der Waals surface area (Å²) >= 11 is 0. The molecule has 9 nitrogen and oxygen atoms in total. The maximum absolute atomic E-state index is 12.7. The van der Waals surface area contributed by atoms with Gasteiger partial charge in [0.05, 0.1) is 24.7 Å². The van der Waals surface area contributed by atoms with Gasteiger partial charge in [-0.3, -0.25) is 14.3 Å². The molecule has 1 fully saturated rings. The Hall–Kier alpha value is -1.34. The third-order valence-corrected chi connectivity index (χ3v) is 12.3. The molecule has 2 heterocycles. The minimum atomic E-state index is -2.31. The number of rotatable bonds is 10. The van der Waals surface area contributed by atoms with E-state index in [0.29, 0.717) is 12.8 Å². The van der Waals surface area contributed by atoms with Crippen LogP contribution < -0.4 is 11.2 Å². The lowest BCUT2D eigenvalue weighted by Crippen LogP contribution is -2.51. The molecule has 0 amide bonds. The highest BCUT2D eigenvalue weighted by Gasteiger charge is 2.58. The zero-order valence-corrected chi connectivity index (χ0v) is 22.9. The first-order valence-electron chi connectivity index (χ1n) is 11.4. The lowest BCUT2D eigenvalue weighted by Gasteiger charge is -2.41. The Kier molecular flexibility index (Phi) is 9.24. The van der Waals surface area contributed by atoms with Gasteiger partial charge >= 0.3 is 5.69 Å². The Labute approximate surface area is 198 Å². The monoisotopic (exact) mass is 499 g/mol. The molecule has 2 rings (SSSR count). The van der Waals surface area contributed by atoms with Gasteiger partial charge in [-0.15, -0.1) is 0 Å². The number of nitriles is 1. The van der Waals surface area contributed by atoms with Crippen LogP contribution in [0.15, 0.2) is 21.9 Å². The van der Waals surface area contributed by atoms with Crippen molar-refractivity contribution in [2.75, 3.05) is 13.3 Å². The van der Waals surface area contributed by atoms with Crippen LogP contribution in [0.25, 0.3) is 0 Å². The summed E-state index contributed by atoms with van der Waals surface area (Å²) in [6, 6.07) is 3.38. The van der Waals surface area contributed by atoms with E-state index >= 15 is 0 Å². The first kappa shape index (κ1) is 27.9. The van der Waals surface area contributed by atoms with E-state index in [0.717, 1.165) is 0 Å². The van der Waals surface area contributed by atoms with Crippen LogP contribution in [-0.4, -0.2) is 48.9 Å². The highest BCUT2D eigenvalue weighted by atomic mass is 31.2. The second-order valence-electron chi connectivity index (χ2n) is 9.85. The van der Waals surface area contributed by atoms with Crippen LogP contribution in [0.1, 0.15) is 60.1 Å². The van der Waals surface area contributed by atoms with Crippen molar-refractivity contribution in [3.05, 3.63) is 33.1 Å². The summed E-state index contributed by atoms with van der Waals surface area (Å²) in [5, 5.41) is 8.74. The van der Waals surface area contributed by atoms with Gasteiger partial charge in [0.2, 0.25) is 0 Å². The van der Waals surface area contributed by atoms with Crippen molar-refractivity contribution in [2.45, 2.75) is 96.1 Å². The molecular weight excluding hydrogens is 461 g/mol. The Morgan fingerprint density at radius 3 is 2.45 bits per heavy atom. The quantitative estimate of drug-likeness (QED) is 0.290. The fourth-order valence-electron chi connectivity index (χ4n) is 3.69. The number of hydrogen-bond donors (Lipinski definition) is 1. The van der Waals surface area contributed by atoms with Gasteiger partial charge in [0, 0.05) is 18.9 Å². The smallest absolute Gasteiger partial charge is 0.330 e. The number of aromatic amines is 1. The van der Waals surface area contributed by atoms with Crippen molar-refractivity contribution in [3.8, 4) is 6.07 Å². The Morgan fingerprint density at radius 1 is 1.30 bits per heavy atom. The first-order chi connectivity index (χ1) is 15.3. The SMILES string of the molecule is CCC1(CC)O[C@@H](n2ccc(=O)[nH]c2=O)[C@@H](O[Si](C)(C)C(C)(C)C)C1OP(C)OCCC#N. The number of aromatic nitrogens is 2. The number of H-pyrrole nitrogens is 1. The van der Waals surface area contributed by atoms with Gasteiger partial charge in [0.15, 0.2) is 22.9 Å². The van der Waals surface area contributed by atoms with E-state index in [1.165, 1.54) is 16.8 Å². The molecule has 1 aromatic rings. The number of nitrogens with zero attached hydrogens (tertiary/aromatic N) is 2. The summed E-state index contributed by atoms with van der Waals surface area (Å²) in [6.07, 6.45) is 1.16. The fourth-order valence-corrected chi connectivity index (χ4v) is 6.00. The van der Waals surface area contributed by atoms with Crippen LogP contribution in [0.2, 0.25) is 18.1 Å². The average molecular weight is 500 g/mol. The molecule has 0 aliphatic carbocycles. The van der Waals surface area contributed by atoms with Crippen molar-refractivity contribution in [2.24, 2.45) is 0 Å². The Bertz CT molecular complexity index is 947. The molecule has 2 unspecified atom stereocenters. The Morgan fingerprint density at radius 2 is 1.94 bits per heavy atom. The van der Waals surface area contributed by atoms with E-state index in [9.17, 15) is 9.59 Å². The van der Waals surface area contributed by atoms with Gasteiger partial charge in [-0.2, -0.15) is 5.26 Å². The molecule has 1 N–H and O–H groups in total. The minimum absolute atomic E-state index is 0.0814. The van der Waals surface area contributed by atoms with Gasteiger partial charge in [-0.05, 0) is 31.0 Å². The predicted octanol–water partition coefficient (Wildman–Crippen LogP) is 4.27. The van der Waals surface area contributed by atoms with E-state index in [4.69, 9.17) is 23.5 Å². The summed E-state index contributed by atoms with van der Waals surface area (Å²) < 4.78 is 27.0. The predicted molar refractivity (Wildman–Crippen MR) is 131 cm³/mol. The maximum atomic E-state index is 12.7. The van der Waals surface area contributed by atoms with Crippen LogP contribution in [0.5, 0.6) is 0 Å². The van der Waals surface area contributed by atoms with Crippen LogP contribution in [-0.2, 0) is 18.2 Å². The van der Waals surface area contributed by atoms with E-state index in [-0.39, 0.29) is 18.1 Å². The third kappa shape index (κ3) is 6.21. The highest BCUT2D eigenvalue weighted by Crippen LogP contribution is 2.51. The molecule has 33 heavy (non-hydrogen) atoms. The maximum Gasteiger partial charge on any atom is 0.330 e. The van der Waals surface area contributed by atoms with Gasteiger partial charge in [0.25, 0.3) is 5.56 Å². The van der Waals surface area contributed by atoms with Crippen molar-refractivity contribution >= 4 is 16.7 Å². The molecule has 0 radical (unpaired) electrons. The van der Waals surface area contributed by atoms with Crippen molar-refractivity contribution in [1.82, 2.24) is 9.55 Å². The van der Waals surface area contributed by atoms with Crippen LogP contribution >= 0.6 is 8.38 Å². The molecule has 1 saturated heterocycles. The van der Waals surface area contributed by atoms with E-state index in [1.807, 2.05) is 20.5 Å². The van der Waals surface area contributed by atoms with Gasteiger partial charge in [0.1, 0.15) is 12.2 Å². The van der Waals surface area contributed by atoms with Crippen LogP contribution in [0.4, 0.5) is 0 Å². The van der Waals surface area contributed by atoms with Gasteiger partial charge in [-0.25, -0.2) is 4.79 Å². The summed E-state index contributed by atoms with van der Waals surface area (Å²) in [5.74, 6) is 0. The van der Waals surface area contributed by atoms with E-state index < -0.39 is 52.0 Å². The van der Waals surface area contributed by atoms with Gasteiger partial charge < -0.3 is 18.2 Å². The van der Waals surface area contributed by atoms with Crippen LogP contribution in [0, 0.1) is 11.3 Å². The summed E-state index contributed by atoms with van der Waals surface area (Å²) in [4.78, 5) is 26.7. The lowest BCUT2D eigenvalue weighted by atomic mass is 9.90. The second kappa shape index (κ2) is 10.9. The molecule has 0 bridgehead atoms. The fraction of sp³-hybridized carbons (Fsp3) is 0.773. The topological polar surface area (TPSA) is 116 Å². The summed E-state index contributed by atoms with van der Waals surface area (Å²) in [7, 11) is -3.62. The number of ether oxygens (including phenoxy) is 1. The molecule has 4 atom stereocenters. The normalized spacial score (nSPS) is 23.9. The minimum Gasteiger partial charge on any atom is -0.406 e. The van der Waals surface area contributed by atoms with Crippen molar-refractivity contribution < 1.29 is 18.2 Å². The van der Waals surface area contributed by atoms with Crippen LogP contribution in [0.3, 0.4) is 0 Å². The zero-order chi connectivity index (χ0) is 25.0. The van der Waals surface area contributed by atoms with Crippen molar-refractivity contribution in [1.29, 1.82) is 5.26 Å². The molecule has 186 valence electrons. The highest BCUT2D eigenvalue weighted by molar-refractivity contribution is 7.46. The third-order valence-electron chi connectivity index (χ3n) is 6.76. The van der Waals surface area contributed by atoms with E-state index in [2.05, 4.69) is 44.9 Å². The molecular formula is C22H38N3O6PSi. The molecule has 0 spiro atoms. The summed E-state index contributed by atoms with van der Waals surface area (Å²) in [5.41, 5.74) is -1.73. The Balaban J connectivity index is 2.55. The molecule has 11 heteroatoms. The number of hydrogen-bond acceptors (Lipinski definition) is 7. The summed E-state index contributed by atoms with van der Waals surface area (Å²) in [6.45, 7) is 16.9. The standard InChI is InChI=1S/C22H38N3O6PSi/c1-9-22(10-2)18(30-32(6)28-15-11-13-23)17(31-33(7,8)21(3,4)5)19(29-22)25-14-12-16(26)24-20(25)27/h12,14,17-19H,9-11,15H2,1-8H3,(H,24,26,27)/t17-,18?,19+,32?/m0/s1. The average Bonchev–Trinajstić information content (AvgIpc) is 3.00. The second-order valence-corrected chi connectivity index (χ2v) is 16.0. The molecule has 0 aromatic carbocycles. The number of nitrogens with one attached hydrogen (secondary N) is 1. The molecule has 1 aliphatic heterocycles. The largest absolute Gasteiger partial charge is 0.406 e. The van der Waals surface area contributed by atoms with E-state index in [1.54, 1.807) is 0 Å². The first-order valence-corrected chi connectivity index (χ1v) is 15.9. The van der Waals surface area contributed by atoms with Crippen molar-refractivity contribution in [3.63, 3.8) is 0 Å².